The van der Waals surface area contributed by atoms with E-state index in [0.29, 0.717) is 5.65 Å². The first-order valence-corrected chi connectivity index (χ1v) is 3.90. The lowest BCUT2D eigenvalue weighted by Gasteiger charge is -1.80. The monoisotopic (exact) mass is 189 g/mol. The van der Waals surface area contributed by atoms with Gasteiger partial charge in [0.1, 0.15) is 18.1 Å². The molecule has 1 N–H and O–H groups in total. The molecule has 0 aromatic carbocycles. The summed E-state index contributed by atoms with van der Waals surface area (Å²) in [5, 5.41) is 3.35. The SMILES string of the molecule is c1cnoc1.c1ncc2[nH]cnc2n1. The number of hydrogen-bond donors (Lipinski definition) is 1. The van der Waals surface area contributed by atoms with Gasteiger partial charge in [0, 0.05) is 0 Å². The molecule has 3 aromatic rings. The molecule has 0 radical (unpaired) electrons. The second-order valence-electron chi connectivity index (χ2n) is 2.35. The molecule has 0 aliphatic rings. The van der Waals surface area contributed by atoms with Gasteiger partial charge in [-0.05, 0) is 6.07 Å². The van der Waals surface area contributed by atoms with Gasteiger partial charge in [-0.3, -0.25) is 0 Å². The molecule has 0 fully saturated rings. The standard InChI is InChI=1S/C5H4N4.C3H3NO/c1-4-5(8-2-6-1)9-3-7-4;1-2-4-5-3-1/h1-3H,(H,6,7,8,9);1-3H. The molecule has 0 atom stereocenters. The molecule has 70 valence electrons. The summed E-state index contributed by atoms with van der Waals surface area (Å²) < 4.78 is 4.33. The molecule has 3 rings (SSSR count). The number of nitrogens with one attached hydrogen (secondary N) is 1. The molecule has 0 aliphatic heterocycles. The second-order valence-corrected chi connectivity index (χ2v) is 2.35. The first-order chi connectivity index (χ1) is 6.97. The molecule has 0 bridgehead atoms. The van der Waals surface area contributed by atoms with E-state index in [-0.39, 0.29) is 0 Å². The first-order valence-electron chi connectivity index (χ1n) is 3.90. The van der Waals surface area contributed by atoms with Crippen LogP contribution in [0.3, 0.4) is 0 Å². The van der Waals surface area contributed by atoms with Crippen LogP contribution in [0, 0.1) is 0 Å². The highest BCUT2D eigenvalue weighted by Gasteiger charge is 1.91. The molecule has 0 spiro atoms. The Bertz CT molecular complexity index is 428. The Balaban J connectivity index is 0.000000128. The summed E-state index contributed by atoms with van der Waals surface area (Å²) in [7, 11) is 0. The van der Waals surface area contributed by atoms with Gasteiger partial charge in [-0.15, -0.1) is 0 Å². The molecule has 3 heterocycles. The summed E-state index contributed by atoms with van der Waals surface area (Å²) >= 11 is 0. The lowest BCUT2D eigenvalue weighted by atomic mass is 10.6. The smallest absolute Gasteiger partial charge is 0.180 e. The van der Waals surface area contributed by atoms with Gasteiger partial charge in [-0.25, -0.2) is 15.0 Å². The predicted octanol–water partition coefficient (Wildman–Crippen LogP) is 1.03. The van der Waals surface area contributed by atoms with E-state index in [1.165, 1.54) is 12.6 Å². The van der Waals surface area contributed by atoms with Crippen LogP contribution in [0.25, 0.3) is 11.2 Å². The van der Waals surface area contributed by atoms with Crippen LogP contribution in [0.4, 0.5) is 0 Å². The zero-order valence-corrected chi connectivity index (χ0v) is 7.16. The molecule has 0 unspecified atom stereocenters. The Morgan fingerprint density at radius 3 is 2.93 bits per heavy atom. The van der Waals surface area contributed by atoms with Crippen LogP contribution < -0.4 is 0 Å². The molecular weight excluding hydrogens is 182 g/mol. The van der Waals surface area contributed by atoms with Crippen LogP contribution in [0.2, 0.25) is 0 Å². The van der Waals surface area contributed by atoms with Crippen molar-refractivity contribution in [3.8, 4) is 0 Å². The maximum absolute atomic E-state index is 4.33. The number of imidazole rings is 1. The van der Waals surface area contributed by atoms with E-state index in [0.717, 1.165) is 5.52 Å². The summed E-state index contributed by atoms with van der Waals surface area (Å²) in [6.07, 6.45) is 7.86. The second kappa shape index (κ2) is 4.13. The summed E-state index contributed by atoms with van der Waals surface area (Å²) in [6.45, 7) is 0. The van der Waals surface area contributed by atoms with Crippen molar-refractivity contribution >= 4 is 11.2 Å². The van der Waals surface area contributed by atoms with Crippen molar-refractivity contribution in [2.45, 2.75) is 0 Å². The lowest BCUT2D eigenvalue weighted by Crippen LogP contribution is -1.76. The van der Waals surface area contributed by atoms with Crippen molar-refractivity contribution in [1.29, 1.82) is 0 Å². The van der Waals surface area contributed by atoms with Crippen molar-refractivity contribution in [2.75, 3.05) is 0 Å². The van der Waals surface area contributed by atoms with Crippen LogP contribution in [0.5, 0.6) is 0 Å². The minimum Gasteiger partial charge on any atom is -0.365 e. The highest BCUT2D eigenvalue weighted by Crippen LogP contribution is 1.99. The molecule has 6 nitrogen and oxygen atoms in total. The normalized spacial score (nSPS) is 9.43. The summed E-state index contributed by atoms with van der Waals surface area (Å²) in [5.74, 6) is 0. The van der Waals surface area contributed by atoms with Crippen LogP contribution in [0.1, 0.15) is 0 Å². The fourth-order valence-corrected chi connectivity index (χ4v) is 0.867. The van der Waals surface area contributed by atoms with Gasteiger partial charge in [-0.1, -0.05) is 5.16 Å². The number of hydrogen-bond acceptors (Lipinski definition) is 5. The summed E-state index contributed by atoms with van der Waals surface area (Å²) in [6, 6.07) is 1.72. The zero-order chi connectivity index (χ0) is 9.64. The van der Waals surface area contributed by atoms with E-state index in [9.17, 15) is 0 Å². The van der Waals surface area contributed by atoms with Gasteiger partial charge in [0.25, 0.3) is 0 Å². The maximum Gasteiger partial charge on any atom is 0.180 e. The van der Waals surface area contributed by atoms with Gasteiger partial charge in [0.15, 0.2) is 5.65 Å². The Hall–Kier alpha value is -2.24. The van der Waals surface area contributed by atoms with Crippen LogP contribution >= 0.6 is 0 Å². The van der Waals surface area contributed by atoms with Crippen molar-refractivity contribution < 1.29 is 4.52 Å². The van der Waals surface area contributed by atoms with E-state index in [2.05, 4.69) is 29.6 Å². The molecular formula is C8H7N5O. The third kappa shape index (κ3) is 1.92. The van der Waals surface area contributed by atoms with Gasteiger partial charge in [-0.2, -0.15) is 0 Å². The van der Waals surface area contributed by atoms with Crippen molar-refractivity contribution in [1.82, 2.24) is 25.1 Å². The fraction of sp³-hybridized carbons (Fsp3) is 0. The van der Waals surface area contributed by atoms with Crippen molar-refractivity contribution in [3.05, 3.63) is 37.4 Å². The van der Waals surface area contributed by atoms with Crippen LogP contribution in [-0.2, 0) is 0 Å². The zero-order valence-electron chi connectivity index (χ0n) is 7.16. The van der Waals surface area contributed by atoms with Crippen molar-refractivity contribution in [2.24, 2.45) is 0 Å². The van der Waals surface area contributed by atoms with E-state index in [1.54, 1.807) is 24.8 Å². The molecule has 0 amide bonds. The number of nitrogens with zero attached hydrogens (tertiary/aromatic N) is 4. The Labute approximate surface area is 79.0 Å². The summed E-state index contributed by atoms with van der Waals surface area (Å²) in [4.78, 5) is 14.5. The van der Waals surface area contributed by atoms with Gasteiger partial charge in [0.05, 0.1) is 18.7 Å². The Kier molecular flexibility index (Phi) is 2.46. The molecule has 6 heteroatoms. The molecule has 0 saturated heterocycles. The van der Waals surface area contributed by atoms with E-state index in [4.69, 9.17) is 0 Å². The van der Waals surface area contributed by atoms with E-state index in [1.807, 2.05) is 0 Å². The van der Waals surface area contributed by atoms with E-state index < -0.39 is 0 Å². The average molecular weight is 189 g/mol. The maximum atomic E-state index is 4.33. The topological polar surface area (TPSA) is 80.5 Å². The quantitative estimate of drug-likeness (QED) is 0.571. The third-order valence-corrected chi connectivity index (χ3v) is 1.45. The van der Waals surface area contributed by atoms with E-state index >= 15 is 0 Å². The Morgan fingerprint density at radius 2 is 2.29 bits per heavy atom. The van der Waals surface area contributed by atoms with Gasteiger partial charge >= 0.3 is 0 Å². The number of aromatic nitrogens is 5. The summed E-state index contributed by atoms with van der Waals surface area (Å²) in [5.41, 5.74) is 1.59. The lowest BCUT2D eigenvalue weighted by molar-refractivity contribution is 0.420. The Morgan fingerprint density at radius 1 is 1.29 bits per heavy atom. The molecule has 3 aromatic heterocycles. The average Bonchev–Trinajstić information content (AvgIpc) is 2.92. The minimum atomic E-state index is 0.713. The third-order valence-electron chi connectivity index (χ3n) is 1.45. The molecule has 0 saturated carbocycles. The van der Waals surface area contributed by atoms with Crippen LogP contribution in [0.15, 0.2) is 41.9 Å². The van der Waals surface area contributed by atoms with Gasteiger partial charge in [0.2, 0.25) is 0 Å². The van der Waals surface area contributed by atoms with Crippen molar-refractivity contribution in [3.63, 3.8) is 0 Å². The highest BCUT2D eigenvalue weighted by molar-refractivity contribution is 5.67. The minimum absolute atomic E-state index is 0.713. The highest BCUT2D eigenvalue weighted by atomic mass is 16.5. The number of fused-ring (bicyclic) bond motifs is 1. The van der Waals surface area contributed by atoms with Gasteiger partial charge < -0.3 is 9.51 Å². The number of rotatable bonds is 0. The first kappa shape index (κ1) is 8.36. The largest absolute Gasteiger partial charge is 0.365 e. The molecule has 0 aliphatic carbocycles. The number of aromatic amines is 1. The van der Waals surface area contributed by atoms with Crippen LogP contribution in [-0.4, -0.2) is 25.1 Å². The number of H-pyrrole nitrogens is 1. The predicted molar refractivity (Wildman–Crippen MR) is 48.2 cm³/mol. The fourth-order valence-electron chi connectivity index (χ4n) is 0.867. The molecule has 14 heavy (non-hydrogen) atoms.